The summed E-state index contributed by atoms with van der Waals surface area (Å²) in [6.45, 7) is 5.79. The van der Waals surface area contributed by atoms with Gasteiger partial charge >= 0.3 is 0 Å². The molecule has 5 heteroatoms. The maximum Gasteiger partial charge on any atom is 0.146 e. The molecule has 6 aromatic rings. The first-order valence-electron chi connectivity index (χ1n) is 16.0. The Bertz CT molecular complexity index is 1790. The summed E-state index contributed by atoms with van der Waals surface area (Å²) in [5.74, 6) is 0.382. The van der Waals surface area contributed by atoms with Crippen molar-refractivity contribution in [2.45, 2.75) is 32.4 Å². The number of aromatic amines is 2. The van der Waals surface area contributed by atoms with E-state index < -0.39 is 0 Å². The molecule has 0 bridgehead atoms. The summed E-state index contributed by atoms with van der Waals surface area (Å²) in [7, 11) is 0. The number of carbonyl (C=O) groups excluding carboxylic acids is 1. The van der Waals surface area contributed by atoms with Crippen molar-refractivity contribution in [2.75, 3.05) is 26.2 Å². The van der Waals surface area contributed by atoms with Crippen LogP contribution < -0.4 is 0 Å². The number of piperidine rings is 1. The normalized spacial score (nSPS) is 15.6. The van der Waals surface area contributed by atoms with Gasteiger partial charge in [0.25, 0.3) is 0 Å². The molecule has 2 aliphatic rings. The van der Waals surface area contributed by atoms with Gasteiger partial charge in [0.1, 0.15) is 5.78 Å². The van der Waals surface area contributed by atoms with Crippen molar-refractivity contribution in [3.63, 3.8) is 0 Å². The molecule has 4 heterocycles. The first-order chi connectivity index (χ1) is 22.2. The highest BCUT2D eigenvalue weighted by Gasteiger charge is 2.17. The van der Waals surface area contributed by atoms with E-state index in [2.05, 4.69) is 117 Å². The van der Waals surface area contributed by atoms with Crippen LogP contribution in [0, 0.1) is 0 Å². The number of likely N-dealkylation sites (tertiary alicyclic amines) is 1. The molecule has 5 nitrogen and oxygen atoms in total. The van der Waals surface area contributed by atoms with Crippen molar-refractivity contribution in [2.24, 2.45) is 0 Å². The van der Waals surface area contributed by atoms with Crippen LogP contribution in [0.2, 0.25) is 0 Å². The molecule has 0 spiro atoms. The molecule has 4 aromatic carbocycles. The van der Waals surface area contributed by atoms with Crippen LogP contribution in [0.25, 0.3) is 27.4 Å². The van der Waals surface area contributed by atoms with Crippen LogP contribution in [0.3, 0.4) is 0 Å². The van der Waals surface area contributed by atoms with E-state index in [-0.39, 0.29) is 0 Å². The van der Waals surface area contributed by atoms with Crippen molar-refractivity contribution in [1.29, 1.82) is 0 Å². The molecule has 45 heavy (non-hydrogen) atoms. The van der Waals surface area contributed by atoms with Gasteiger partial charge in [-0.3, -0.25) is 14.6 Å². The number of carbonyl (C=O) groups is 1. The predicted octanol–water partition coefficient (Wildman–Crippen LogP) is 8.48. The van der Waals surface area contributed by atoms with Gasteiger partial charge in [0.05, 0.1) is 6.54 Å². The van der Waals surface area contributed by atoms with E-state index >= 15 is 0 Å². The minimum absolute atomic E-state index is 0.382. The Balaban J connectivity index is 0.000000132. The van der Waals surface area contributed by atoms with E-state index in [9.17, 15) is 4.79 Å². The Labute approximate surface area is 266 Å². The number of hydrogen-bond donors (Lipinski definition) is 2. The SMILES string of the molecule is C1=C(c2c[nH]c3ccccc23)CN(Cc2ccccc2)CC1.O=C1CCCN(Cc2ccccc2)C1.c1ccc2[nH]ccc2c1. The number of aromatic nitrogens is 2. The third-order valence-corrected chi connectivity index (χ3v) is 8.46. The predicted molar refractivity (Wildman–Crippen MR) is 187 cm³/mol. The summed E-state index contributed by atoms with van der Waals surface area (Å²) in [5.41, 5.74) is 7.91. The molecular formula is C40H42N4O. The van der Waals surface area contributed by atoms with Crippen LogP contribution in [-0.4, -0.2) is 51.7 Å². The summed E-state index contributed by atoms with van der Waals surface area (Å²) in [4.78, 5) is 22.5. The van der Waals surface area contributed by atoms with Crippen LogP contribution in [0.4, 0.5) is 0 Å². The van der Waals surface area contributed by atoms with Crippen LogP contribution in [0.1, 0.15) is 36.0 Å². The molecule has 228 valence electrons. The van der Waals surface area contributed by atoms with Gasteiger partial charge in [-0.1, -0.05) is 103 Å². The fourth-order valence-electron chi connectivity index (χ4n) is 6.19. The van der Waals surface area contributed by atoms with Gasteiger partial charge in [0.2, 0.25) is 0 Å². The maximum atomic E-state index is 11.2. The molecule has 1 fully saturated rings. The minimum Gasteiger partial charge on any atom is -0.361 e. The van der Waals surface area contributed by atoms with Crippen LogP contribution >= 0.6 is 0 Å². The monoisotopic (exact) mass is 594 g/mol. The zero-order valence-corrected chi connectivity index (χ0v) is 25.9. The highest BCUT2D eigenvalue weighted by atomic mass is 16.1. The number of fused-ring (bicyclic) bond motifs is 2. The van der Waals surface area contributed by atoms with Crippen molar-refractivity contribution in [3.05, 3.63) is 150 Å². The number of para-hydroxylation sites is 2. The molecule has 0 radical (unpaired) electrons. The largest absolute Gasteiger partial charge is 0.361 e. The Morgan fingerprint density at radius 2 is 1.27 bits per heavy atom. The third-order valence-electron chi connectivity index (χ3n) is 8.46. The average Bonchev–Trinajstić information content (AvgIpc) is 3.74. The summed E-state index contributed by atoms with van der Waals surface area (Å²) < 4.78 is 0. The van der Waals surface area contributed by atoms with Gasteiger partial charge in [-0.2, -0.15) is 0 Å². The van der Waals surface area contributed by atoms with E-state index in [0.29, 0.717) is 12.3 Å². The topological polar surface area (TPSA) is 55.1 Å². The first kappa shape index (κ1) is 30.3. The molecule has 0 amide bonds. The quantitative estimate of drug-likeness (QED) is 0.211. The lowest BCUT2D eigenvalue weighted by molar-refractivity contribution is -0.122. The number of rotatable bonds is 5. The van der Waals surface area contributed by atoms with Crippen LogP contribution in [0.15, 0.2) is 134 Å². The number of benzene rings is 4. The molecular weight excluding hydrogens is 552 g/mol. The molecule has 2 N–H and O–H groups in total. The Hall–Kier alpha value is -4.71. The molecule has 1 saturated heterocycles. The van der Waals surface area contributed by atoms with Gasteiger partial charge in [0, 0.05) is 67.0 Å². The zero-order valence-electron chi connectivity index (χ0n) is 25.9. The molecule has 8 rings (SSSR count). The van der Waals surface area contributed by atoms with Gasteiger partial charge in [0.15, 0.2) is 0 Å². The maximum absolute atomic E-state index is 11.2. The molecule has 2 aliphatic heterocycles. The number of hydrogen-bond acceptors (Lipinski definition) is 3. The number of H-pyrrole nitrogens is 2. The van der Waals surface area contributed by atoms with E-state index in [1.807, 2.05) is 36.5 Å². The lowest BCUT2D eigenvalue weighted by Gasteiger charge is -2.27. The number of Topliss-reactive ketones (excluding diaryl/α,β-unsaturated/α-hetero) is 1. The standard InChI is InChI=1S/C20H20N2.C12H15NO.C8H7N/c1-2-7-16(8-3-1)14-22-12-6-9-17(15-22)19-13-21-20-11-5-4-10-18(19)20;14-12-7-4-8-13(10-12)9-11-5-2-1-3-6-11;1-2-4-8-7(3-1)5-6-9-8/h1-5,7-11,13,21H,6,12,14-15H2;1-3,5-6H,4,7-10H2;1-6,9H. The fourth-order valence-corrected chi connectivity index (χ4v) is 6.19. The molecule has 0 atom stereocenters. The van der Waals surface area contributed by atoms with Crippen molar-refractivity contribution < 1.29 is 4.79 Å². The smallest absolute Gasteiger partial charge is 0.146 e. The number of nitrogens with zero attached hydrogens (tertiary/aromatic N) is 2. The summed E-state index contributed by atoms with van der Waals surface area (Å²) >= 11 is 0. The van der Waals surface area contributed by atoms with Gasteiger partial charge in [-0.05, 0) is 59.7 Å². The van der Waals surface area contributed by atoms with Crippen molar-refractivity contribution in [1.82, 2.24) is 19.8 Å². The Kier molecular flexibility index (Phi) is 10.3. The highest BCUT2D eigenvalue weighted by Crippen LogP contribution is 2.28. The summed E-state index contributed by atoms with van der Waals surface area (Å²) in [6.07, 6.45) is 9.42. The molecule has 0 aliphatic carbocycles. The van der Waals surface area contributed by atoms with Gasteiger partial charge in [-0.25, -0.2) is 0 Å². The Morgan fingerprint density at radius 3 is 1.98 bits per heavy atom. The van der Waals surface area contributed by atoms with E-state index in [1.165, 1.54) is 44.1 Å². The minimum atomic E-state index is 0.382. The van der Waals surface area contributed by atoms with E-state index in [4.69, 9.17) is 0 Å². The summed E-state index contributed by atoms with van der Waals surface area (Å²) in [6, 6.07) is 39.9. The van der Waals surface area contributed by atoms with Gasteiger partial charge in [-0.15, -0.1) is 0 Å². The number of ketones is 1. The molecule has 0 unspecified atom stereocenters. The van der Waals surface area contributed by atoms with E-state index in [0.717, 1.165) is 52.0 Å². The lowest BCUT2D eigenvalue weighted by atomic mass is 10.00. The van der Waals surface area contributed by atoms with Crippen LogP contribution in [-0.2, 0) is 17.9 Å². The average molecular weight is 595 g/mol. The number of nitrogens with one attached hydrogen (secondary N) is 2. The lowest BCUT2D eigenvalue weighted by Crippen LogP contribution is -2.34. The van der Waals surface area contributed by atoms with E-state index in [1.54, 1.807) is 0 Å². The van der Waals surface area contributed by atoms with Gasteiger partial charge < -0.3 is 9.97 Å². The molecule has 0 saturated carbocycles. The first-order valence-corrected chi connectivity index (χ1v) is 16.0. The van der Waals surface area contributed by atoms with Crippen molar-refractivity contribution >= 4 is 33.2 Å². The zero-order chi connectivity index (χ0) is 30.7. The second-order valence-electron chi connectivity index (χ2n) is 11.9. The highest BCUT2D eigenvalue weighted by molar-refractivity contribution is 5.93. The second-order valence-corrected chi connectivity index (χ2v) is 11.9. The molecule has 2 aromatic heterocycles. The summed E-state index contributed by atoms with van der Waals surface area (Å²) in [5, 5.41) is 2.60. The van der Waals surface area contributed by atoms with Crippen molar-refractivity contribution in [3.8, 4) is 0 Å². The second kappa shape index (κ2) is 15.3. The third kappa shape index (κ3) is 8.48. The van der Waals surface area contributed by atoms with Crippen LogP contribution in [0.5, 0.6) is 0 Å². The fraction of sp³-hybridized carbons (Fsp3) is 0.225. The Morgan fingerprint density at radius 1 is 0.622 bits per heavy atom.